The number of carbonyl (C=O) groups excluding carboxylic acids is 1. The highest BCUT2D eigenvalue weighted by atomic mass is 16.3. The highest BCUT2D eigenvalue weighted by molar-refractivity contribution is 6.12. The number of Topliss-reactive ketones (excluding diaryl/α,β-unsaturated/α-hetero) is 1. The van der Waals surface area contributed by atoms with Crippen molar-refractivity contribution in [2.75, 3.05) is 38.0 Å². The van der Waals surface area contributed by atoms with Gasteiger partial charge < -0.3 is 14.9 Å². The second-order valence-electron chi connectivity index (χ2n) is 4.84. The Morgan fingerprint density at radius 3 is 1.86 bits per heavy atom. The number of hydrogen-bond donors (Lipinski definition) is 1. The van der Waals surface area contributed by atoms with E-state index in [2.05, 4.69) is 19.9 Å². The SMILES string of the molecule is CC(=O)C(/C=N/c1nc(N(C)C)nc(N(C)C)n1)=C(\C)O. The molecule has 0 spiro atoms. The van der Waals surface area contributed by atoms with Gasteiger partial charge in [0.1, 0.15) is 5.76 Å². The predicted octanol–water partition coefficient (Wildman–Crippen LogP) is 1.13. The summed E-state index contributed by atoms with van der Waals surface area (Å²) in [5.74, 6) is 0.691. The van der Waals surface area contributed by atoms with Crippen LogP contribution in [0.5, 0.6) is 0 Å². The first kappa shape index (κ1) is 16.5. The molecule has 0 bridgehead atoms. The van der Waals surface area contributed by atoms with Gasteiger partial charge >= 0.3 is 0 Å². The van der Waals surface area contributed by atoms with Crippen LogP contribution in [0.2, 0.25) is 0 Å². The minimum Gasteiger partial charge on any atom is -0.512 e. The molecule has 1 aromatic heterocycles. The molecule has 8 nitrogen and oxygen atoms in total. The molecule has 1 heterocycles. The summed E-state index contributed by atoms with van der Waals surface area (Å²) in [6, 6.07) is 0. The summed E-state index contributed by atoms with van der Waals surface area (Å²) in [4.78, 5) is 31.5. The molecule has 0 aliphatic heterocycles. The molecule has 0 radical (unpaired) electrons. The molecule has 0 amide bonds. The first-order valence-corrected chi connectivity index (χ1v) is 6.28. The maximum atomic E-state index is 11.4. The number of carbonyl (C=O) groups is 1. The standard InChI is InChI=1S/C13H20N6O2/c1-8(20)10(9(2)21)7-14-11-15-12(18(3)4)17-13(16-11)19(5)6/h7,20H,1-6H3/b10-8+,14-7+. The monoisotopic (exact) mass is 292 g/mol. The van der Waals surface area contributed by atoms with Crippen molar-refractivity contribution in [1.82, 2.24) is 15.0 Å². The molecular weight excluding hydrogens is 272 g/mol. The van der Waals surface area contributed by atoms with E-state index in [1.54, 1.807) is 38.0 Å². The Balaban J connectivity index is 3.24. The summed E-state index contributed by atoms with van der Waals surface area (Å²) in [5.41, 5.74) is 0.119. The zero-order valence-electron chi connectivity index (χ0n) is 13.1. The number of anilines is 2. The van der Waals surface area contributed by atoms with E-state index in [1.807, 2.05) is 0 Å². The first-order chi connectivity index (χ1) is 9.72. The molecule has 1 aromatic rings. The van der Waals surface area contributed by atoms with Crippen molar-refractivity contribution < 1.29 is 9.90 Å². The third-order valence-electron chi connectivity index (χ3n) is 2.48. The number of aliphatic hydroxyl groups excluding tert-OH is 1. The van der Waals surface area contributed by atoms with Gasteiger partial charge in [-0.25, -0.2) is 4.99 Å². The molecule has 1 rings (SSSR count). The lowest BCUT2D eigenvalue weighted by atomic mass is 10.2. The number of hydrogen-bond acceptors (Lipinski definition) is 8. The minimum atomic E-state index is -0.284. The minimum absolute atomic E-state index is 0.0963. The van der Waals surface area contributed by atoms with Gasteiger partial charge in [-0.2, -0.15) is 15.0 Å². The molecule has 0 atom stereocenters. The highest BCUT2D eigenvalue weighted by Gasteiger charge is 2.10. The van der Waals surface area contributed by atoms with E-state index in [9.17, 15) is 9.90 Å². The van der Waals surface area contributed by atoms with E-state index >= 15 is 0 Å². The maximum Gasteiger partial charge on any atom is 0.255 e. The Bertz CT molecular complexity index is 562. The molecule has 0 aromatic carbocycles. The number of allylic oxidation sites excluding steroid dienone is 2. The van der Waals surface area contributed by atoms with Crippen LogP contribution in [0.1, 0.15) is 13.8 Å². The normalized spacial score (nSPS) is 12.3. The fourth-order valence-electron chi connectivity index (χ4n) is 1.36. The van der Waals surface area contributed by atoms with E-state index in [4.69, 9.17) is 0 Å². The van der Waals surface area contributed by atoms with Crippen LogP contribution in [0.15, 0.2) is 16.3 Å². The van der Waals surface area contributed by atoms with E-state index < -0.39 is 0 Å². The van der Waals surface area contributed by atoms with E-state index in [1.165, 1.54) is 20.1 Å². The number of rotatable bonds is 5. The fraction of sp³-hybridized carbons (Fsp3) is 0.462. The number of aliphatic hydroxyl groups is 1. The number of aliphatic imine (C=N–C) groups is 1. The molecule has 0 saturated heterocycles. The fourth-order valence-corrected chi connectivity index (χ4v) is 1.36. The van der Waals surface area contributed by atoms with Crippen molar-refractivity contribution in [3.05, 3.63) is 11.3 Å². The third kappa shape index (κ3) is 4.51. The largest absolute Gasteiger partial charge is 0.512 e. The molecule has 0 aliphatic carbocycles. The van der Waals surface area contributed by atoms with Gasteiger partial charge in [0.2, 0.25) is 11.9 Å². The zero-order chi connectivity index (χ0) is 16.2. The Kier molecular flexibility index (Phi) is 5.34. The lowest BCUT2D eigenvalue weighted by Gasteiger charge is -2.14. The van der Waals surface area contributed by atoms with Gasteiger partial charge in [-0.15, -0.1) is 0 Å². The van der Waals surface area contributed by atoms with E-state index in [-0.39, 0.29) is 23.1 Å². The maximum absolute atomic E-state index is 11.4. The third-order valence-corrected chi connectivity index (χ3v) is 2.48. The van der Waals surface area contributed by atoms with Crippen LogP contribution in [-0.4, -0.2) is 60.2 Å². The molecule has 114 valence electrons. The van der Waals surface area contributed by atoms with E-state index in [0.29, 0.717) is 11.9 Å². The summed E-state index contributed by atoms with van der Waals surface area (Å²) in [6.45, 7) is 2.78. The van der Waals surface area contributed by atoms with Crippen molar-refractivity contribution in [2.24, 2.45) is 4.99 Å². The average Bonchev–Trinajstić information content (AvgIpc) is 2.37. The summed E-state index contributed by atoms with van der Waals surface area (Å²) in [7, 11) is 7.23. The molecule has 8 heteroatoms. The van der Waals surface area contributed by atoms with Crippen LogP contribution in [0.3, 0.4) is 0 Å². The Hall–Kier alpha value is -2.51. The van der Waals surface area contributed by atoms with Gasteiger partial charge in [0.05, 0.1) is 5.57 Å². The van der Waals surface area contributed by atoms with Crippen LogP contribution in [0, 0.1) is 0 Å². The summed E-state index contributed by atoms with van der Waals surface area (Å²) >= 11 is 0. The van der Waals surface area contributed by atoms with Gasteiger partial charge in [-0.05, 0) is 13.8 Å². The second-order valence-corrected chi connectivity index (χ2v) is 4.84. The molecule has 1 N–H and O–H groups in total. The molecule has 0 aliphatic rings. The van der Waals surface area contributed by atoms with Crippen molar-refractivity contribution >= 4 is 29.8 Å². The molecular formula is C13H20N6O2. The van der Waals surface area contributed by atoms with Crippen LogP contribution < -0.4 is 9.80 Å². The lowest BCUT2D eigenvalue weighted by Crippen LogP contribution is -2.18. The summed E-state index contributed by atoms with van der Waals surface area (Å²) < 4.78 is 0. The molecule has 21 heavy (non-hydrogen) atoms. The summed E-state index contributed by atoms with van der Waals surface area (Å²) in [6.07, 6.45) is 1.26. The Morgan fingerprint density at radius 2 is 1.52 bits per heavy atom. The molecule has 0 saturated carbocycles. The molecule has 0 unspecified atom stereocenters. The van der Waals surface area contributed by atoms with Crippen molar-refractivity contribution in [1.29, 1.82) is 0 Å². The second kappa shape index (κ2) is 6.78. The van der Waals surface area contributed by atoms with Crippen LogP contribution in [0.4, 0.5) is 17.8 Å². The van der Waals surface area contributed by atoms with Crippen LogP contribution >= 0.6 is 0 Å². The van der Waals surface area contributed by atoms with Gasteiger partial charge in [0.15, 0.2) is 5.78 Å². The number of nitrogens with zero attached hydrogens (tertiary/aromatic N) is 6. The quantitative estimate of drug-likeness (QED) is 0.493. The van der Waals surface area contributed by atoms with Crippen molar-refractivity contribution in [3.8, 4) is 0 Å². The van der Waals surface area contributed by atoms with Gasteiger partial charge in [0.25, 0.3) is 5.95 Å². The van der Waals surface area contributed by atoms with Gasteiger partial charge in [0, 0.05) is 34.4 Å². The van der Waals surface area contributed by atoms with Crippen molar-refractivity contribution in [3.63, 3.8) is 0 Å². The lowest BCUT2D eigenvalue weighted by molar-refractivity contribution is -0.113. The van der Waals surface area contributed by atoms with E-state index in [0.717, 1.165) is 0 Å². The topological polar surface area (TPSA) is 94.8 Å². The van der Waals surface area contributed by atoms with Gasteiger partial charge in [-0.1, -0.05) is 0 Å². The first-order valence-electron chi connectivity index (χ1n) is 6.28. The van der Waals surface area contributed by atoms with Crippen LogP contribution in [0.25, 0.3) is 0 Å². The Morgan fingerprint density at radius 1 is 1.05 bits per heavy atom. The highest BCUT2D eigenvalue weighted by Crippen LogP contribution is 2.15. The zero-order valence-corrected chi connectivity index (χ0v) is 13.1. The Labute approximate surface area is 123 Å². The summed E-state index contributed by atoms with van der Waals surface area (Å²) in [5, 5.41) is 9.44. The number of aromatic nitrogens is 3. The average molecular weight is 292 g/mol. The smallest absolute Gasteiger partial charge is 0.255 e. The molecule has 0 fully saturated rings. The van der Waals surface area contributed by atoms with Crippen molar-refractivity contribution in [2.45, 2.75) is 13.8 Å². The van der Waals surface area contributed by atoms with Crippen LogP contribution in [-0.2, 0) is 4.79 Å². The predicted molar refractivity (Wildman–Crippen MR) is 82.6 cm³/mol. The van der Waals surface area contributed by atoms with Gasteiger partial charge in [-0.3, -0.25) is 4.79 Å². The number of ketones is 1.